The molecule has 1 amide bonds. The molecule has 0 aliphatic carbocycles. The molecule has 0 spiro atoms. The first-order valence-electron chi connectivity index (χ1n) is 18.4. The van der Waals surface area contributed by atoms with Crippen LogP contribution in [-0.2, 0) is 33.3 Å². The summed E-state index contributed by atoms with van der Waals surface area (Å²) in [6.45, 7) is 18.8. The first kappa shape index (κ1) is 43.8. The second kappa shape index (κ2) is 18.9. The number of hydrogen-bond acceptors (Lipinski definition) is 11. The number of amides is 1. The highest BCUT2D eigenvalue weighted by atomic mass is 16.7. The minimum Gasteiger partial charge on any atom is -0.459 e. The van der Waals surface area contributed by atoms with Crippen molar-refractivity contribution in [3.63, 3.8) is 0 Å². The third-order valence-electron chi connectivity index (χ3n) is 10.8. The molecule has 3 heterocycles. The van der Waals surface area contributed by atoms with Crippen molar-refractivity contribution in [3.05, 3.63) is 0 Å². The molecule has 0 radical (unpaired) electrons. The van der Waals surface area contributed by atoms with E-state index in [-0.39, 0.29) is 36.3 Å². The van der Waals surface area contributed by atoms with Gasteiger partial charge in [0.15, 0.2) is 12.6 Å². The maximum atomic E-state index is 13.5. The Hall–Kier alpha value is -1.38. The number of rotatable bonds is 5. The van der Waals surface area contributed by atoms with Crippen molar-refractivity contribution in [1.82, 2.24) is 10.2 Å². The molecule has 49 heavy (non-hydrogen) atoms. The zero-order valence-corrected chi connectivity index (χ0v) is 32.6. The van der Waals surface area contributed by atoms with Gasteiger partial charge in [0.1, 0.15) is 12.2 Å². The molecule has 288 valence electrons. The monoisotopic (exact) mass is 703 g/mol. The molecule has 15 atom stereocenters. The van der Waals surface area contributed by atoms with Gasteiger partial charge in [-0.2, -0.15) is 0 Å². The third kappa shape index (κ3) is 12.7. The number of aliphatic hydroxyl groups is 3. The fourth-order valence-corrected chi connectivity index (χ4v) is 7.82. The van der Waals surface area contributed by atoms with Crippen molar-refractivity contribution >= 4 is 11.9 Å². The Morgan fingerprint density at radius 1 is 0.939 bits per heavy atom. The van der Waals surface area contributed by atoms with Gasteiger partial charge >= 0.3 is 5.97 Å². The lowest BCUT2D eigenvalue weighted by molar-refractivity contribution is -0.295. The maximum Gasteiger partial charge on any atom is 0.311 e. The minimum atomic E-state index is -1.38. The summed E-state index contributed by atoms with van der Waals surface area (Å²) in [6, 6.07) is 0.430. The summed E-state index contributed by atoms with van der Waals surface area (Å²) in [5.74, 6) is -1.44. The van der Waals surface area contributed by atoms with Crippen molar-refractivity contribution in [2.24, 2.45) is 23.7 Å². The quantitative estimate of drug-likeness (QED) is 0.307. The van der Waals surface area contributed by atoms with Crippen LogP contribution in [0.5, 0.6) is 0 Å². The van der Waals surface area contributed by atoms with E-state index in [0.29, 0.717) is 18.9 Å². The molecule has 0 aromatic heterocycles. The topological polar surface area (TPSA) is 156 Å². The van der Waals surface area contributed by atoms with E-state index in [2.05, 4.69) is 24.1 Å². The SMILES string of the molecule is CC1CC(N(C)C)CC(O)O1.CCC1OC(=O)C(C)C(OC2C[C@@](C)(OC)C(O)[C@H](C)O2)C(C)CC(C)C[C@@H](C)NC(=O)[C@H](C)C[C@]1(C)O. The van der Waals surface area contributed by atoms with Gasteiger partial charge in [-0.15, -0.1) is 0 Å². The molecular formula is C37H70N2O10. The van der Waals surface area contributed by atoms with Crippen LogP contribution in [-0.4, -0.2) is 120 Å². The van der Waals surface area contributed by atoms with Crippen molar-refractivity contribution in [2.45, 2.75) is 181 Å². The number of cyclic esters (lactones) is 1. The number of methoxy groups -OCH3 is 1. The van der Waals surface area contributed by atoms with Crippen molar-refractivity contribution in [3.8, 4) is 0 Å². The predicted octanol–water partition coefficient (Wildman–Crippen LogP) is 4.01. The molecule has 3 rings (SSSR count). The van der Waals surface area contributed by atoms with Gasteiger partial charge in [-0.1, -0.05) is 27.7 Å². The molecule has 12 heteroatoms. The molecule has 0 aromatic carbocycles. The Balaban J connectivity index is 0.000000639. The molecule has 0 saturated carbocycles. The zero-order chi connectivity index (χ0) is 37.4. The summed E-state index contributed by atoms with van der Waals surface area (Å²) >= 11 is 0. The zero-order valence-electron chi connectivity index (χ0n) is 32.6. The van der Waals surface area contributed by atoms with Crippen LogP contribution in [0.2, 0.25) is 0 Å². The Morgan fingerprint density at radius 3 is 2.12 bits per heavy atom. The molecule has 3 fully saturated rings. The average Bonchev–Trinajstić information content (AvgIpc) is 2.99. The lowest BCUT2D eigenvalue weighted by atomic mass is 9.84. The van der Waals surface area contributed by atoms with Crippen LogP contribution in [0.1, 0.15) is 114 Å². The van der Waals surface area contributed by atoms with Crippen LogP contribution in [0.3, 0.4) is 0 Å². The number of carbonyl (C=O) groups excluding carboxylic acids is 2. The molecule has 3 aliphatic heterocycles. The summed E-state index contributed by atoms with van der Waals surface area (Å²) in [7, 11) is 5.63. The lowest BCUT2D eigenvalue weighted by Gasteiger charge is -2.45. The van der Waals surface area contributed by atoms with Crippen molar-refractivity contribution in [1.29, 1.82) is 0 Å². The molecular weight excluding hydrogens is 632 g/mol. The van der Waals surface area contributed by atoms with E-state index < -0.39 is 66.0 Å². The van der Waals surface area contributed by atoms with E-state index in [9.17, 15) is 24.9 Å². The van der Waals surface area contributed by atoms with E-state index in [1.807, 2.05) is 41.8 Å². The van der Waals surface area contributed by atoms with E-state index >= 15 is 0 Å². The number of ether oxygens (including phenoxy) is 5. The van der Waals surface area contributed by atoms with Gasteiger partial charge in [0.25, 0.3) is 0 Å². The molecule has 4 N–H and O–H groups in total. The van der Waals surface area contributed by atoms with Gasteiger partial charge in [-0.25, -0.2) is 0 Å². The van der Waals surface area contributed by atoms with Crippen molar-refractivity contribution in [2.75, 3.05) is 21.2 Å². The summed E-state index contributed by atoms with van der Waals surface area (Å²) in [5.41, 5.74) is -2.23. The van der Waals surface area contributed by atoms with Gasteiger partial charge in [0.2, 0.25) is 5.91 Å². The Morgan fingerprint density at radius 2 is 1.57 bits per heavy atom. The summed E-state index contributed by atoms with van der Waals surface area (Å²) in [6.07, 6.45) is 0.481. The van der Waals surface area contributed by atoms with E-state index in [1.54, 1.807) is 34.8 Å². The third-order valence-corrected chi connectivity index (χ3v) is 10.8. The highest BCUT2D eigenvalue weighted by Crippen LogP contribution is 2.36. The van der Waals surface area contributed by atoms with Crippen LogP contribution in [0.15, 0.2) is 0 Å². The molecule has 0 bridgehead atoms. The molecule has 12 nitrogen and oxygen atoms in total. The van der Waals surface area contributed by atoms with Crippen LogP contribution < -0.4 is 5.32 Å². The van der Waals surface area contributed by atoms with Crippen molar-refractivity contribution < 1.29 is 48.6 Å². The average molecular weight is 703 g/mol. The number of esters is 1. The standard InChI is InChI=1S/C29H53NO8.C8H17NO2/c1-11-22-28(8,34)14-18(4)26(32)30-19(5)13-16(2)12-17(3)24(20(6)27(33)37-22)38-23-15-29(9,35-10)25(31)21(7)36-23;1-6-4-7(9(2)3)5-8(10)11-6/h16-25,31,34H,11-15H2,1-10H3,(H,30,32);6-8,10H,4-5H2,1-3H3/t16?,17?,18-,19-,20?,21+,22?,23?,24?,25?,28+,29-;/m1./s1. The smallest absolute Gasteiger partial charge is 0.311 e. The summed E-state index contributed by atoms with van der Waals surface area (Å²) < 4.78 is 29.2. The second-order valence-corrected chi connectivity index (χ2v) is 16.1. The molecule has 3 aliphatic rings. The fourth-order valence-electron chi connectivity index (χ4n) is 7.82. The molecule has 10 unspecified atom stereocenters. The Bertz CT molecular complexity index is 1020. The lowest BCUT2D eigenvalue weighted by Crippen LogP contribution is -2.57. The molecule has 3 saturated heterocycles. The van der Waals surface area contributed by atoms with Crippen LogP contribution in [0, 0.1) is 23.7 Å². The van der Waals surface area contributed by atoms with Crippen LogP contribution in [0.4, 0.5) is 0 Å². The highest BCUT2D eigenvalue weighted by molar-refractivity contribution is 5.78. The van der Waals surface area contributed by atoms with Gasteiger partial charge in [-0.3, -0.25) is 9.59 Å². The largest absolute Gasteiger partial charge is 0.459 e. The summed E-state index contributed by atoms with van der Waals surface area (Å²) in [5, 5.41) is 34.2. The van der Waals surface area contributed by atoms with Crippen LogP contribution >= 0.6 is 0 Å². The summed E-state index contributed by atoms with van der Waals surface area (Å²) in [4.78, 5) is 28.5. The number of nitrogens with one attached hydrogen (secondary N) is 1. The normalized spacial score (nSPS) is 44.9. The first-order valence-corrected chi connectivity index (χ1v) is 18.4. The number of carbonyl (C=O) groups is 2. The van der Waals surface area contributed by atoms with Gasteiger partial charge in [0.05, 0.1) is 35.4 Å². The van der Waals surface area contributed by atoms with E-state index in [0.717, 1.165) is 25.7 Å². The van der Waals surface area contributed by atoms with Gasteiger partial charge in [0, 0.05) is 38.0 Å². The minimum absolute atomic E-state index is 0.0368. The van der Waals surface area contributed by atoms with E-state index in [1.165, 1.54) is 0 Å². The maximum absolute atomic E-state index is 13.5. The highest BCUT2D eigenvalue weighted by Gasteiger charge is 2.47. The number of hydrogen-bond donors (Lipinski definition) is 4. The first-order chi connectivity index (χ1) is 22.6. The Labute approximate surface area is 295 Å². The van der Waals surface area contributed by atoms with Crippen LogP contribution in [0.25, 0.3) is 0 Å². The number of aliphatic hydroxyl groups excluding tert-OH is 2. The molecule has 0 aromatic rings. The Kier molecular flexibility index (Phi) is 16.9. The second-order valence-electron chi connectivity index (χ2n) is 16.1. The fraction of sp³-hybridized carbons (Fsp3) is 0.946. The number of nitrogens with zero attached hydrogens (tertiary/aromatic N) is 1. The van der Waals surface area contributed by atoms with Gasteiger partial charge < -0.3 is 49.2 Å². The predicted molar refractivity (Wildman–Crippen MR) is 187 cm³/mol. The van der Waals surface area contributed by atoms with E-state index in [4.69, 9.17) is 23.7 Å². The van der Waals surface area contributed by atoms with Gasteiger partial charge in [-0.05, 0) is 99.6 Å².